The van der Waals surface area contributed by atoms with Crippen LogP contribution in [0.3, 0.4) is 0 Å². The fourth-order valence-electron chi connectivity index (χ4n) is 1.10. The summed E-state index contributed by atoms with van der Waals surface area (Å²) in [6.07, 6.45) is 3.34. The second kappa shape index (κ2) is 5.42. The van der Waals surface area contributed by atoms with Crippen LogP contribution in [0.5, 0.6) is 0 Å². The van der Waals surface area contributed by atoms with Crippen molar-refractivity contribution in [3.05, 3.63) is 12.2 Å². The van der Waals surface area contributed by atoms with E-state index in [-0.39, 0.29) is 0 Å². The lowest BCUT2D eigenvalue weighted by atomic mass is 10.0. The summed E-state index contributed by atoms with van der Waals surface area (Å²) in [5.74, 6) is -1.78. The van der Waals surface area contributed by atoms with Gasteiger partial charge in [-0.25, -0.2) is 9.59 Å². The van der Waals surface area contributed by atoms with Crippen LogP contribution in [-0.2, 0) is 14.3 Å². The fourth-order valence-corrected chi connectivity index (χ4v) is 1.10. The molecule has 0 aliphatic carbocycles. The van der Waals surface area contributed by atoms with Crippen molar-refractivity contribution >= 4 is 11.9 Å². The summed E-state index contributed by atoms with van der Waals surface area (Å²) in [5, 5.41) is 8.27. The quantitative estimate of drug-likeness (QED) is 0.542. The van der Waals surface area contributed by atoms with Gasteiger partial charge in [0.2, 0.25) is 0 Å². The van der Waals surface area contributed by atoms with E-state index in [1.807, 2.05) is 6.92 Å². The molecule has 0 bridgehead atoms. The number of carboxylic acids is 1. The molecule has 0 saturated carbocycles. The molecule has 0 spiro atoms. The van der Waals surface area contributed by atoms with Gasteiger partial charge in [-0.3, -0.25) is 0 Å². The van der Waals surface area contributed by atoms with Gasteiger partial charge in [-0.1, -0.05) is 13.3 Å². The average Bonchev–Trinajstić information content (AvgIpc) is 1.99. The molecule has 0 amide bonds. The highest BCUT2D eigenvalue weighted by Gasteiger charge is 2.20. The van der Waals surface area contributed by atoms with Gasteiger partial charge < -0.3 is 9.84 Å². The number of rotatable bonds is 5. The Labute approximate surface area is 83.6 Å². The summed E-state index contributed by atoms with van der Waals surface area (Å²) in [4.78, 5) is 21.2. The van der Waals surface area contributed by atoms with Gasteiger partial charge in [0.1, 0.15) is 5.60 Å². The molecule has 0 rings (SSSR count). The molecule has 0 atom stereocenters. The van der Waals surface area contributed by atoms with Gasteiger partial charge in [-0.2, -0.15) is 0 Å². The van der Waals surface area contributed by atoms with Crippen molar-refractivity contribution in [2.75, 3.05) is 0 Å². The predicted molar refractivity (Wildman–Crippen MR) is 51.9 cm³/mol. The molecule has 1 N–H and O–H groups in total. The molecule has 0 saturated heterocycles. The van der Waals surface area contributed by atoms with Gasteiger partial charge in [-0.15, -0.1) is 0 Å². The van der Waals surface area contributed by atoms with Crippen molar-refractivity contribution in [2.24, 2.45) is 0 Å². The van der Waals surface area contributed by atoms with Crippen LogP contribution in [0.4, 0.5) is 0 Å². The number of carbonyl (C=O) groups excluding carboxylic acids is 1. The molecule has 0 fully saturated rings. The van der Waals surface area contributed by atoms with E-state index in [0.717, 1.165) is 25.0 Å². The van der Waals surface area contributed by atoms with E-state index in [4.69, 9.17) is 9.84 Å². The smallest absolute Gasteiger partial charge is 0.331 e. The molecule has 4 nitrogen and oxygen atoms in total. The van der Waals surface area contributed by atoms with Gasteiger partial charge in [-0.05, 0) is 20.3 Å². The fraction of sp³-hybridized carbons (Fsp3) is 0.600. The molecule has 0 aliphatic rings. The average molecular weight is 200 g/mol. The molecule has 0 unspecified atom stereocenters. The molecule has 14 heavy (non-hydrogen) atoms. The van der Waals surface area contributed by atoms with E-state index in [1.54, 1.807) is 13.8 Å². The minimum absolute atomic E-state index is 0.533. The van der Waals surface area contributed by atoms with Gasteiger partial charge in [0.05, 0.1) is 0 Å². The SMILES string of the molecule is CCCC(C)(C)OC(=O)C=CC(=O)O. The molecule has 0 aromatic rings. The minimum atomic E-state index is -1.16. The number of esters is 1. The third kappa shape index (κ3) is 6.22. The Hall–Kier alpha value is -1.32. The highest BCUT2D eigenvalue weighted by molar-refractivity contribution is 5.90. The molecule has 0 aromatic carbocycles. The largest absolute Gasteiger partial charge is 0.478 e. The summed E-state index contributed by atoms with van der Waals surface area (Å²) in [6.45, 7) is 5.58. The Balaban J connectivity index is 4.11. The standard InChI is InChI=1S/C10H16O4/c1-4-7-10(2,3)14-9(13)6-5-8(11)12/h5-6H,4,7H2,1-3H3,(H,11,12). The zero-order valence-corrected chi connectivity index (χ0v) is 8.74. The van der Waals surface area contributed by atoms with E-state index in [2.05, 4.69) is 0 Å². The van der Waals surface area contributed by atoms with Crippen molar-refractivity contribution < 1.29 is 19.4 Å². The summed E-state index contributed by atoms with van der Waals surface area (Å²) >= 11 is 0. The Morgan fingerprint density at radius 3 is 2.36 bits per heavy atom. The van der Waals surface area contributed by atoms with Gasteiger partial charge in [0.25, 0.3) is 0 Å². The maximum Gasteiger partial charge on any atom is 0.331 e. The van der Waals surface area contributed by atoms with E-state index < -0.39 is 17.5 Å². The Kier molecular flexibility index (Phi) is 4.91. The van der Waals surface area contributed by atoms with Crippen molar-refractivity contribution in [1.29, 1.82) is 0 Å². The Morgan fingerprint density at radius 1 is 1.36 bits per heavy atom. The highest BCUT2D eigenvalue weighted by atomic mass is 16.6. The third-order valence-corrected chi connectivity index (χ3v) is 1.59. The number of ether oxygens (including phenoxy) is 1. The molecular weight excluding hydrogens is 184 g/mol. The number of hydrogen-bond acceptors (Lipinski definition) is 3. The van der Waals surface area contributed by atoms with E-state index in [9.17, 15) is 9.59 Å². The first-order valence-corrected chi connectivity index (χ1v) is 4.51. The van der Waals surface area contributed by atoms with Crippen LogP contribution in [0.15, 0.2) is 12.2 Å². The lowest BCUT2D eigenvalue weighted by Crippen LogP contribution is -2.26. The first-order chi connectivity index (χ1) is 6.37. The Bertz CT molecular complexity index is 241. The Morgan fingerprint density at radius 2 is 1.93 bits per heavy atom. The zero-order chi connectivity index (χ0) is 11.2. The number of aliphatic carboxylic acids is 1. The molecule has 0 heterocycles. The van der Waals surface area contributed by atoms with Crippen LogP contribution >= 0.6 is 0 Å². The first-order valence-electron chi connectivity index (χ1n) is 4.51. The second-order valence-corrected chi connectivity index (χ2v) is 3.60. The topological polar surface area (TPSA) is 63.6 Å². The normalized spacial score (nSPS) is 11.6. The van der Waals surface area contributed by atoms with Crippen LogP contribution in [0.1, 0.15) is 33.6 Å². The van der Waals surface area contributed by atoms with Crippen molar-refractivity contribution in [1.82, 2.24) is 0 Å². The summed E-state index contributed by atoms with van der Waals surface area (Å²) in [6, 6.07) is 0. The third-order valence-electron chi connectivity index (χ3n) is 1.59. The van der Waals surface area contributed by atoms with Gasteiger partial charge in [0.15, 0.2) is 0 Å². The number of hydrogen-bond donors (Lipinski definition) is 1. The molecule has 80 valence electrons. The number of carboxylic acid groups (broad SMARTS) is 1. The van der Waals surface area contributed by atoms with E-state index >= 15 is 0 Å². The van der Waals surface area contributed by atoms with Crippen LogP contribution in [-0.4, -0.2) is 22.6 Å². The van der Waals surface area contributed by atoms with Gasteiger partial charge in [0, 0.05) is 12.2 Å². The van der Waals surface area contributed by atoms with Crippen molar-refractivity contribution in [3.63, 3.8) is 0 Å². The van der Waals surface area contributed by atoms with E-state index in [0.29, 0.717) is 0 Å². The summed E-state index contributed by atoms with van der Waals surface area (Å²) in [5.41, 5.74) is -0.533. The van der Waals surface area contributed by atoms with Crippen LogP contribution in [0, 0.1) is 0 Å². The van der Waals surface area contributed by atoms with E-state index in [1.165, 1.54) is 0 Å². The summed E-state index contributed by atoms with van der Waals surface area (Å²) in [7, 11) is 0. The first kappa shape index (κ1) is 12.7. The van der Waals surface area contributed by atoms with Crippen LogP contribution in [0.2, 0.25) is 0 Å². The molecular formula is C10H16O4. The molecule has 0 aromatic heterocycles. The van der Waals surface area contributed by atoms with Crippen LogP contribution in [0.25, 0.3) is 0 Å². The highest BCUT2D eigenvalue weighted by Crippen LogP contribution is 2.16. The summed E-state index contributed by atoms with van der Waals surface area (Å²) < 4.78 is 5.04. The number of carbonyl (C=O) groups is 2. The lowest BCUT2D eigenvalue weighted by molar-refractivity contribution is -0.151. The minimum Gasteiger partial charge on any atom is -0.478 e. The van der Waals surface area contributed by atoms with Crippen molar-refractivity contribution in [3.8, 4) is 0 Å². The molecule has 0 radical (unpaired) electrons. The lowest BCUT2D eigenvalue weighted by Gasteiger charge is -2.23. The zero-order valence-electron chi connectivity index (χ0n) is 8.74. The molecule has 4 heteroatoms. The van der Waals surface area contributed by atoms with Gasteiger partial charge >= 0.3 is 11.9 Å². The maximum atomic E-state index is 11.1. The predicted octanol–water partition coefficient (Wildman–Crippen LogP) is 1.75. The second-order valence-electron chi connectivity index (χ2n) is 3.60. The van der Waals surface area contributed by atoms with Crippen LogP contribution < -0.4 is 0 Å². The maximum absolute atomic E-state index is 11.1. The molecule has 0 aliphatic heterocycles. The van der Waals surface area contributed by atoms with Crippen molar-refractivity contribution in [2.45, 2.75) is 39.2 Å². The monoisotopic (exact) mass is 200 g/mol.